The molecule has 8 heteroatoms. The molecule has 0 bridgehead atoms. The number of fused-ring (bicyclic) bond motifs is 3. The van der Waals surface area contributed by atoms with Crippen molar-refractivity contribution < 1.29 is 39.9 Å². The van der Waals surface area contributed by atoms with E-state index < -0.39 is 69.4 Å². The van der Waals surface area contributed by atoms with Crippen molar-refractivity contribution in [1.82, 2.24) is 0 Å². The lowest BCUT2D eigenvalue weighted by atomic mass is 9.58. The van der Waals surface area contributed by atoms with E-state index >= 15 is 0 Å². The molecule has 5 N–H and O–H groups in total. The van der Waals surface area contributed by atoms with E-state index in [1.807, 2.05) is 0 Å². The molecule has 5 rings (SSSR count). The molecular formula is C34H42O8. The van der Waals surface area contributed by atoms with Crippen LogP contribution in [-0.2, 0) is 16.0 Å². The van der Waals surface area contributed by atoms with Crippen molar-refractivity contribution in [2.24, 2.45) is 34.0 Å². The van der Waals surface area contributed by atoms with Crippen molar-refractivity contribution >= 4 is 17.3 Å². The molecule has 0 spiro atoms. The zero-order valence-corrected chi connectivity index (χ0v) is 25.7. The average molecular weight is 579 g/mol. The van der Waals surface area contributed by atoms with Gasteiger partial charge in [-0.05, 0) is 75.5 Å². The molecule has 0 saturated heterocycles. The summed E-state index contributed by atoms with van der Waals surface area (Å²) in [5.74, 6) is -4.58. The Morgan fingerprint density at radius 1 is 0.929 bits per heavy atom. The Morgan fingerprint density at radius 3 is 2.12 bits per heavy atom. The molecule has 4 aliphatic carbocycles. The van der Waals surface area contributed by atoms with E-state index in [0.29, 0.717) is 5.92 Å². The Labute approximate surface area is 246 Å². The zero-order chi connectivity index (χ0) is 31.4. The minimum Gasteiger partial charge on any atom is -0.511 e. The number of aliphatic hydroxyl groups is 2. The van der Waals surface area contributed by atoms with Gasteiger partial charge < -0.3 is 25.5 Å². The van der Waals surface area contributed by atoms with Gasteiger partial charge in [-0.3, -0.25) is 14.4 Å². The molecule has 0 amide bonds. The van der Waals surface area contributed by atoms with Crippen LogP contribution in [0.2, 0.25) is 0 Å². The molecule has 0 radical (unpaired) electrons. The first-order valence-corrected chi connectivity index (χ1v) is 14.8. The van der Waals surface area contributed by atoms with E-state index in [0.717, 1.165) is 26.2 Å². The molecule has 2 fully saturated rings. The second-order valence-electron chi connectivity index (χ2n) is 14.2. The number of aliphatic hydroxyl groups excluding tert-OH is 2. The number of carbonyl (C=O) groups is 3. The van der Waals surface area contributed by atoms with E-state index in [1.54, 1.807) is 0 Å². The predicted molar refractivity (Wildman–Crippen MR) is 157 cm³/mol. The second kappa shape index (κ2) is 9.22. The van der Waals surface area contributed by atoms with Gasteiger partial charge in [-0.2, -0.15) is 0 Å². The van der Waals surface area contributed by atoms with Crippen LogP contribution in [0, 0.1) is 34.0 Å². The molecular weight excluding hydrogens is 536 g/mol. The fourth-order valence-electron chi connectivity index (χ4n) is 8.77. The van der Waals surface area contributed by atoms with Crippen LogP contribution in [0.4, 0.5) is 0 Å². The molecule has 0 aromatic heterocycles. The third kappa shape index (κ3) is 3.75. The number of phenols is 3. The van der Waals surface area contributed by atoms with E-state index in [2.05, 4.69) is 33.8 Å². The number of allylic oxidation sites excluding steroid dienone is 5. The lowest BCUT2D eigenvalue weighted by Gasteiger charge is -2.46. The number of carbonyl (C=O) groups excluding carboxylic acids is 3. The molecule has 1 aromatic rings. The number of benzene rings is 1. The van der Waals surface area contributed by atoms with Crippen molar-refractivity contribution in [1.29, 1.82) is 0 Å². The maximum atomic E-state index is 12.9. The minimum atomic E-state index is -1.56. The fourth-order valence-corrected chi connectivity index (χ4v) is 8.77. The van der Waals surface area contributed by atoms with Gasteiger partial charge in [-0.25, -0.2) is 0 Å². The maximum Gasteiger partial charge on any atom is 0.183 e. The molecule has 2 saturated carbocycles. The summed E-state index contributed by atoms with van der Waals surface area (Å²) < 4.78 is 0. The average Bonchev–Trinajstić information content (AvgIpc) is 3.47. The molecule has 226 valence electrons. The first-order chi connectivity index (χ1) is 19.3. The van der Waals surface area contributed by atoms with Crippen molar-refractivity contribution in [3.63, 3.8) is 0 Å². The van der Waals surface area contributed by atoms with Gasteiger partial charge in [-0.1, -0.05) is 39.3 Å². The van der Waals surface area contributed by atoms with E-state index in [-0.39, 0.29) is 44.9 Å². The van der Waals surface area contributed by atoms with E-state index in [4.69, 9.17) is 0 Å². The van der Waals surface area contributed by atoms with Crippen LogP contribution >= 0.6 is 0 Å². The Morgan fingerprint density at radius 2 is 1.55 bits per heavy atom. The summed E-state index contributed by atoms with van der Waals surface area (Å²) in [4.78, 5) is 38.1. The molecule has 1 aromatic carbocycles. The maximum absolute atomic E-state index is 12.9. The highest BCUT2D eigenvalue weighted by Gasteiger charge is 2.71. The number of Topliss-reactive ketones (excluding diaryl/α,β-unsaturated/α-hetero) is 3. The summed E-state index contributed by atoms with van der Waals surface area (Å²) in [5.41, 5.74) is -1.55. The molecule has 42 heavy (non-hydrogen) atoms. The van der Waals surface area contributed by atoms with Crippen molar-refractivity contribution in [2.75, 3.05) is 0 Å². The molecule has 0 aliphatic heterocycles. The quantitative estimate of drug-likeness (QED) is 0.151. The molecule has 0 heterocycles. The van der Waals surface area contributed by atoms with Gasteiger partial charge in [0.1, 0.15) is 39.9 Å². The number of phenolic OH excluding ortho intramolecular Hbond substituents is 3. The lowest BCUT2D eigenvalue weighted by molar-refractivity contribution is -0.126. The van der Waals surface area contributed by atoms with E-state index in [9.17, 15) is 39.9 Å². The summed E-state index contributed by atoms with van der Waals surface area (Å²) in [6, 6.07) is 0. The summed E-state index contributed by atoms with van der Waals surface area (Å²) in [5, 5.41) is 56.6. The van der Waals surface area contributed by atoms with Crippen LogP contribution in [0.5, 0.6) is 17.2 Å². The first-order valence-electron chi connectivity index (χ1n) is 14.8. The van der Waals surface area contributed by atoms with E-state index in [1.165, 1.54) is 26.3 Å². The number of hydrogen-bond acceptors (Lipinski definition) is 8. The monoisotopic (exact) mass is 578 g/mol. The van der Waals surface area contributed by atoms with Gasteiger partial charge in [0.2, 0.25) is 0 Å². The lowest BCUT2D eigenvalue weighted by Crippen LogP contribution is -2.37. The Balaban J connectivity index is 1.75. The standard InChI is InChI=1S/C34H42O8/c1-14-10-9-11-17-12-18(24-29(32(24,4)5)34(14,17)8)23-26(38)19(25(37)21(15(2)35)28(23)40)13-20-27(39)22(16(3)36)31(42)33(6,7)30(20)41/h12,14,18,24,29,37-41H,9-11,13H2,1-8H3/t14-,18-,24-,29+,34+/m1/s1. The normalized spacial score (nSPS) is 31.3. The topological polar surface area (TPSA) is 152 Å². The third-order valence-electron chi connectivity index (χ3n) is 11.3. The van der Waals surface area contributed by atoms with Gasteiger partial charge in [-0.15, -0.1) is 0 Å². The number of hydrogen-bond donors (Lipinski definition) is 5. The Hall–Kier alpha value is -3.55. The first kappa shape index (κ1) is 29.9. The van der Waals surface area contributed by atoms with Gasteiger partial charge >= 0.3 is 0 Å². The summed E-state index contributed by atoms with van der Waals surface area (Å²) >= 11 is 0. The van der Waals surface area contributed by atoms with Gasteiger partial charge in [0.05, 0.1) is 5.41 Å². The Bertz CT molecular complexity index is 1550. The number of aromatic hydroxyl groups is 3. The fraction of sp³-hybridized carbons (Fsp3) is 0.559. The van der Waals surface area contributed by atoms with Gasteiger partial charge in [0.25, 0.3) is 0 Å². The van der Waals surface area contributed by atoms with Crippen LogP contribution in [0.1, 0.15) is 102 Å². The third-order valence-corrected chi connectivity index (χ3v) is 11.3. The minimum absolute atomic E-state index is 0.0200. The van der Waals surface area contributed by atoms with Crippen LogP contribution in [0.3, 0.4) is 0 Å². The number of rotatable bonds is 5. The smallest absolute Gasteiger partial charge is 0.183 e. The van der Waals surface area contributed by atoms with Gasteiger partial charge in [0, 0.05) is 29.0 Å². The van der Waals surface area contributed by atoms with Crippen LogP contribution < -0.4 is 0 Å². The summed E-state index contributed by atoms with van der Waals surface area (Å²) in [7, 11) is 0. The summed E-state index contributed by atoms with van der Waals surface area (Å²) in [6.07, 6.45) is 4.71. The second-order valence-corrected chi connectivity index (χ2v) is 14.2. The van der Waals surface area contributed by atoms with Crippen LogP contribution in [-0.4, -0.2) is 42.9 Å². The highest BCUT2D eigenvalue weighted by molar-refractivity contribution is 6.23. The predicted octanol–water partition coefficient (Wildman–Crippen LogP) is 6.49. The highest BCUT2D eigenvalue weighted by atomic mass is 16.3. The largest absolute Gasteiger partial charge is 0.511 e. The van der Waals surface area contributed by atoms with Crippen molar-refractivity contribution in [3.05, 3.63) is 51.0 Å². The SMILES string of the molecule is CC(=O)C1=C(O)C(Cc2c(O)c(C(C)=O)c(O)c([C@H]3C=C4CCC[C@@H](C)[C@]4(C)[C@H]4[C@@H]3C4(C)C)c2O)=C(O)C(C)(C)C1=O. The summed E-state index contributed by atoms with van der Waals surface area (Å²) in [6.45, 7) is 14.1. The van der Waals surface area contributed by atoms with Gasteiger partial charge in [0.15, 0.2) is 17.3 Å². The van der Waals surface area contributed by atoms with Crippen LogP contribution in [0.25, 0.3) is 0 Å². The number of ketones is 3. The van der Waals surface area contributed by atoms with Crippen molar-refractivity contribution in [2.45, 2.75) is 87.0 Å². The van der Waals surface area contributed by atoms with Crippen LogP contribution in [0.15, 0.2) is 34.3 Å². The van der Waals surface area contributed by atoms with Crippen molar-refractivity contribution in [3.8, 4) is 17.2 Å². The molecule has 8 nitrogen and oxygen atoms in total. The molecule has 4 aliphatic rings. The zero-order valence-electron chi connectivity index (χ0n) is 25.7. The molecule has 0 unspecified atom stereocenters. The molecule has 5 atom stereocenters. The highest BCUT2D eigenvalue weighted by Crippen LogP contribution is 2.78. The Kier molecular flexibility index (Phi) is 6.57.